The number of sulfonamides is 1. The normalized spacial score (nSPS) is 11.4. The van der Waals surface area contributed by atoms with E-state index in [0.717, 1.165) is 9.87 Å². The number of rotatable bonds is 7. The quantitative estimate of drug-likeness (QED) is 0.797. The Bertz CT molecular complexity index is 841. The number of halogens is 1. The van der Waals surface area contributed by atoms with E-state index in [4.69, 9.17) is 16.3 Å². The molecule has 2 aromatic carbocycles. The van der Waals surface area contributed by atoms with Gasteiger partial charge in [0.1, 0.15) is 10.6 Å². The van der Waals surface area contributed by atoms with Crippen LogP contribution >= 0.6 is 11.6 Å². The second-order valence-corrected chi connectivity index (χ2v) is 7.57. The molecule has 1 amide bonds. The minimum atomic E-state index is -4.01. The van der Waals surface area contributed by atoms with Crippen LogP contribution in [0.5, 0.6) is 5.75 Å². The van der Waals surface area contributed by atoms with Gasteiger partial charge < -0.3 is 10.1 Å². The smallest absolute Gasteiger partial charge is 0.247 e. The topological polar surface area (TPSA) is 75.7 Å². The van der Waals surface area contributed by atoms with Crippen molar-refractivity contribution in [3.8, 4) is 5.75 Å². The molecule has 0 unspecified atom stereocenters. The number of carbonyl (C=O) groups excluding carboxylic acids is 1. The number of amides is 1. The minimum Gasteiger partial charge on any atom is -0.495 e. The molecule has 0 atom stereocenters. The van der Waals surface area contributed by atoms with E-state index in [1.54, 1.807) is 30.3 Å². The van der Waals surface area contributed by atoms with Crippen molar-refractivity contribution in [3.05, 3.63) is 59.1 Å². The molecule has 1 N–H and O–H groups in total. The van der Waals surface area contributed by atoms with Gasteiger partial charge in [-0.2, -0.15) is 4.31 Å². The van der Waals surface area contributed by atoms with Gasteiger partial charge in [-0.05, 0) is 23.8 Å². The lowest BCUT2D eigenvalue weighted by molar-refractivity contribution is -0.120. The molecule has 0 spiro atoms. The first kappa shape index (κ1) is 19.2. The van der Waals surface area contributed by atoms with Gasteiger partial charge in [-0.25, -0.2) is 8.42 Å². The van der Waals surface area contributed by atoms with Gasteiger partial charge in [-0.15, -0.1) is 0 Å². The number of hydrogen-bond acceptors (Lipinski definition) is 4. The van der Waals surface area contributed by atoms with Crippen LogP contribution in [0, 0.1) is 0 Å². The maximum absolute atomic E-state index is 13.1. The lowest BCUT2D eigenvalue weighted by atomic mass is 10.2. The Hall–Kier alpha value is -2.09. The molecule has 0 saturated heterocycles. The maximum atomic E-state index is 13.1. The summed E-state index contributed by atoms with van der Waals surface area (Å²) in [4.78, 5) is 11.8. The standard InChI is InChI=1S/C17H19ClN2O4S/c1-19-17(21)12-20(11-13-6-4-3-5-7-13)25(22,23)16-10-14(18)8-9-15(16)24-2/h3-10H,11-12H2,1-2H3,(H,19,21). The molecule has 2 aromatic rings. The molecule has 2 rings (SSSR count). The SMILES string of the molecule is CNC(=O)CN(Cc1ccccc1)S(=O)(=O)c1cc(Cl)ccc1OC. The van der Waals surface area contributed by atoms with Crippen molar-refractivity contribution >= 4 is 27.5 Å². The fraction of sp³-hybridized carbons (Fsp3) is 0.235. The first-order valence-electron chi connectivity index (χ1n) is 7.46. The molecule has 0 heterocycles. The molecule has 0 fully saturated rings. The van der Waals surface area contributed by atoms with Gasteiger partial charge >= 0.3 is 0 Å². The van der Waals surface area contributed by atoms with E-state index in [2.05, 4.69) is 5.32 Å². The first-order valence-corrected chi connectivity index (χ1v) is 9.28. The number of nitrogens with one attached hydrogen (secondary N) is 1. The molecule has 0 bridgehead atoms. The van der Waals surface area contributed by atoms with Crippen LogP contribution in [-0.4, -0.2) is 39.3 Å². The summed E-state index contributed by atoms with van der Waals surface area (Å²) < 4.78 is 32.5. The highest BCUT2D eigenvalue weighted by Gasteiger charge is 2.29. The Labute approximate surface area is 152 Å². The fourth-order valence-corrected chi connectivity index (χ4v) is 4.05. The predicted octanol–water partition coefficient (Wildman–Crippen LogP) is 2.29. The Balaban J connectivity index is 2.47. The Morgan fingerprint density at radius 2 is 1.88 bits per heavy atom. The van der Waals surface area contributed by atoms with Crippen molar-refractivity contribution in [2.24, 2.45) is 0 Å². The molecule has 6 nitrogen and oxygen atoms in total. The summed E-state index contributed by atoms with van der Waals surface area (Å²) in [5.74, 6) is -0.250. The Morgan fingerprint density at radius 3 is 2.48 bits per heavy atom. The van der Waals surface area contributed by atoms with Crippen molar-refractivity contribution in [2.45, 2.75) is 11.4 Å². The van der Waals surface area contributed by atoms with Gasteiger partial charge in [0, 0.05) is 18.6 Å². The zero-order valence-corrected chi connectivity index (χ0v) is 15.5. The average molecular weight is 383 g/mol. The van der Waals surface area contributed by atoms with Crippen molar-refractivity contribution in [1.29, 1.82) is 0 Å². The van der Waals surface area contributed by atoms with Crippen molar-refractivity contribution < 1.29 is 17.9 Å². The number of ether oxygens (including phenoxy) is 1. The van der Waals surface area contributed by atoms with Crippen LogP contribution in [-0.2, 0) is 21.4 Å². The summed E-state index contributed by atoms with van der Waals surface area (Å²) in [6, 6.07) is 13.4. The van der Waals surface area contributed by atoms with Crippen LogP contribution in [0.3, 0.4) is 0 Å². The molecule has 25 heavy (non-hydrogen) atoms. The monoisotopic (exact) mass is 382 g/mol. The van der Waals surface area contributed by atoms with Crippen LogP contribution < -0.4 is 10.1 Å². The summed E-state index contributed by atoms with van der Waals surface area (Å²) in [7, 11) is -1.18. The average Bonchev–Trinajstić information content (AvgIpc) is 2.61. The van der Waals surface area contributed by atoms with E-state index in [9.17, 15) is 13.2 Å². The van der Waals surface area contributed by atoms with E-state index in [1.807, 2.05) is 6.07 Å². The zero-order valence-electron chi connectivity index (χ0n) is 13.9. The number of hydrogen-bond donors (Lipinski definition) is 1. The molecule has 0 aliphatic carbocycles. The van der Waals surface area contributed by atoms with Gasteiger partial charge in [0.05, 0.1) is 13.7 Å². The number of carbonyl (C=O) groups is 1. The van der Waals surface area contributed by atoms with E-state index in [-0.39, 0.29) is 28.8 Å². The summed E-state index contributed by atoms with van der Waals surface area (Å²) in [6.07, 6.45) is 0. The van der Waals surface area contributed by atoms with E-state index in [1.165, 1.54) is 26.3 Å². The third-order valence-corrected chi connectivity index (χ3v) is 5.59. The van der Waals surface area contributed by atoms with Crippen molar-refractivity contribution in [1.82, 2.24) is 9.62 Å². The molecule has 0 aliphatic rings. The maximum Gasteiger partial charge on any atom is 0.247 e. The minimum absolute atomic E-state index is 0.0479. The summed E-state index contributed by atoms with van der Waals surface area (Å²) in [6.45, 7) is -0.268. The lowest BCUT2D eigenvalue weighted by Crippen LogP contribution is -2.39. The van der Waals surface area contributed by atoms with Gasteiger partial charge in [0.25, 0.3) is 0 Å². The van der Waals surface area contributed by atoms with E-state index in [0.29, 0.717) is 0 Å². The Morgan fingerprint density at radius 1 is 1.20 bits per heavy atom. The van der Waals surface area contributed by atoms with E-state index < -0.39 is 15.9 Å². The molecule has 0 radical (unpaired) electrons. The van der Waals surface area contributed by atoms with Crippen molar-refractivity contribution in [3.63, 3.8) is 0 Å². The van der Waals surface area contributed by atoms with Gasteiger partial charge in [-0.1, -0.05) is 41.9 Å². The van der Waals surface area contributed by atoms with E-state index >= 15 is 0 Å². The third-order valence-electron chi connectivity index (χ3n) is 3.54. The van der Waals surface area contributed by atoms with Gasteiger partial charge in [-0.3, -0.25) is 4.79 Å². The van der Waals surface area contributed by atoms with Gasteiger partial charge in [0.15, 0.2) is 0 Å². The first-order chi connectivity index (χ1) is 11.9. The van der Waals surface area contributed by atoms with Crippen LogP contribution in [0.25, 0.3) is 0 Å². The van der Waals surface area contributed by atoms with Crippen LogP contribution in [0.1, 0.15) is 5.56 Å². The zero-order chi connectivity index (χ0) is 18.4. The summed E-state index contributed by atoms with van der Waals surface area (Å²) in [5.41, 5.74) is 0.760. The molecule has 0 aromatic heterocycles. The van der Waals surface area contributed by atoms with Crippen LogP contribution in [0.2, 0.25) is 5.02 Å². The fourth-order valence-electron chi connectivity index (χ4n) is 2.24. The largest absolute Gasteiger partial charge is 0.495 e. The number of nitrogens with zero attached hydrogens (tertiary/aromatic N) is 1. The highest BCUT2D eigenvalue weighted by Crippen LogP contribution is 2.30. The molecule has 0 aliphatic heterocycles. The highest BCUT2D eigenvalue weighted by molar-refractivity contribution is 7.89. The number of methoxy groups -OCH3 is 1. The molecule has 0 saturated carbocycles. The molecular weight excluding hydrogens is 364 g/mol. The summed E-state index contributed by atoms with van der Waals surface area (Å²) >= 11 is 5.96. The Kier molecular flexibility index (Phi) is 6.41. The molecule has 8 heteroatoms. The highest BCUT2D eigenvalue weighted by atomic mass is 35.5. The van der Waals surface area contributed by atoms with Crippen LogP contribution in [0.4, 0.5) is 0 Å². The second kappa shape index (κ2) is 8.33. The molecular formula is C17H19ClN2O4S. The number of likely N-dealkylation sites (N-methyl/N-ethyl adjacent to an activating group) is 1. The number of benzene rings is 2. The third kappa shape index (κ3) is 4.72. The van der Waals surface area contributed by atoms with Gasteiger partial charge in [0.2, 0.25) is 15.9 Å². The lowest BCUT2D eigenvalue weighted by Gasteiger charge is -2.22. The second-order valence-electron chi connectivity index (χ2n) is 5.23. The van der Waals surface area contributed by atoms with Crippen molar-refractivity contribution in [2.75, 3.05) is 20.7 Å². The molecule has 134 valence electrons. The predicted molar refractivity (Wildman–Crippen MR) is 96.1 cm³/mol. The van der Waals surface area contributed by atoms with Crippen LogP contribution in [0.15, 0.2) is 53.4 Å². The summed E-state index contributed by atoms with van der Waals surface area (Å²) in [5, 5.41) is 2.71.